The highest BCUT2D eigenvalue weighted by Gasteiger charge is 2.15. The zero-order valence-corrected chi connectivity index (χ0v) is 13.3. The molecule has 112 valence electrons. The molecule has 1 atom stereocenters. The number of hydrogen-bond donors (Lipinski definition) is 1. The van der Waals surface area contributed by atoms with Gasteiger partial charge in [0.05, 0.1) is 0 Å². The summed E-state index contributed by atoms with van der Waals surface area (Å²) >= 11 is 0. The van der Waals surface area contributed by atoms with Gasteiger partial charge in [-0.2, -0.15) is 0 Å². The van der Waals surface area contributed by atoms with Crippen molar-refractivity contribution in [3.8, 4) is 0 Å². The predicted molar refractivity (Wildman–Crippen MR) is 87.4 cm³/mol. The summed E-state index contributed by atoms with van der Waals surface area (Å²) in [7, 11) is 0. The number of nitrogens with zero attached hydrogens (tertiary/aromatic N) is 2. The van der Waals surface area contributed by atoms with Crippen molar-refractivity contribution in [3.05, 3.63) is 59.2 Å². The minimum Gasteiger partial charge on any atom is -0.310 e. The van der Waals surface area contributed by atoms with E-state index in [4.69, 9.17) is 0 Å². The molecule has 2 aromatic heterocycles. The van der Waals surface area contributed by atoms with Gasteiger partial charge in [-0.25, -0.2) is 0 Å². The van der Waals surface area contributed by atoms with Gasteiger partial charge in [-0.1, -0.05) is 26.8 Å². The second-order valence-corrected chi connectivity index (χ2v) is 5.25. The van der Waals surface area contributed by atoms with E-state index in [1.54, 1.807) is 0 Å². The van der Waals surface area contributed by atoms with Crippen LogP contribution in [0.3, 0.4) is 0 Å². The smallest absolute Gasteiger partial charge is 0.0422 e. The largest absolute Gasteiger partial charge is 0.310 e. The number of aryl methyl sites for hydroxylation is 2. The molecule has 2 rings (SSSR count). The van der Waals surface area contributed by atoms with Gasteiger partial charge in [-0.15, -0.1) is 0 Å². The number of pyridine rings is 2. The number of hydrogen-bond acceptors (Lipinski definition) is 3. The van der Waals surface area contributed by atoms with Crippen LogP contribution in [0.2, 0.25) is 0 Å². The number of nitrogens with one attached hydrogen (secondary N) is 1. The molecule has 0 saturated heterocycles. The van der Waals surface area contributed by atoms with Crippen molar-refractivity contribution < 1.29 is 0 Å². The van der Waals surface area contributed by atoms with Crippen LogP contribution in [0, 0.1) is 0 Å². The maximum Gasteiger partial charge on any atom is 0.0422 e. The fourth-order valence-corrected chi connectivity index (χ4v) is 2.61. The van der Waals surface area contributed by atoms with Crippen molar-refractivity contribution in [3.63, 3.8) is 0 Å². The van der Waals surface area contributed by atoms with Gasteiger partial charge in [-0.3, -0.25) is 9.97 Å². The van der Waals surface area contributed by atoms with Gasteiger partial charge in [0.25, 0.3) is 0 Å². The van der Waals surface area contributed by atoms with Crippen LogP contribution in [0.4, 0.5) is 0 Å². The van der Waals surface area contributed by atoms with Crippen LogP contribution in [-0.2, 0) is 19.3 Å². The van der Waals surface area contributed by atoms with Crippen molar-refractivity contribution in [2.45, 2.75) is 46.1 Å². The first kappa shape index (κ1) is 15.6. The maximum absolute atomic E-state index is 4.60. The molecule has 0 spiro atoms. The first-order valence-electron chi connectivity index (χ1n) is 7.88. The lowest BCUT2D eigenvalue weighted by molar-refractivity contribution is 0.539. The third-order valence-electron chi connectivity index (χ3n) is 3.86. The second-order valence-electron chi connectivity index (χ2n) is 5.25. The Kier molecular flexibility index (Phi) is 5.88. The Balaban J connectivity index is 2.21. The summed E-state index contributed by atoms with van der Waals surface area (Å²) in [5.41, 5.74) is 5.08. The van der Waals surface area contributed by atoms with Gasteiger partial charge < -0.3 is 5.32 Å². The van der Waals surface area contributed by atoms with E-state index in [9.17, 15) is 0 Å². The summed E-state index contributed by atoms with van der Waals surface area (Å²) in [6, 6.07) is 6.76. The second kappa shape index (κ2) is 7.89. The highest BCUT2D eigenvalue weighted by Crippen LogP contribution is 2.21. The quantitative estimate of drug-likeness (QED) is 0.845. The molecule has 0 aliphatic heterocycles. The molecule has 2 heterocycles. The van der Waals surface area contributed by atoms with Crippen LogP contribution in [0.1, 0.15) is 49.2 Å². The molecule has 0 amide bonds. The van der Waals surface area contributed by atoms with E-state index in [1.165, 1.54) is 16.7 Å². The van der Waals surface area contributed by atoms with Crippen molar-refractivity contribution in [2.75, 3.05) is 6.54 Å². The molecule has 0 aliphatic rings. The molecule has 3 nitrogen and oxygen atoms in total. The Hall–Kier alpha value is -1.74. The number of likely N-dealkylation sites (N-methyl/N-ethyl adjacent to an activating group) is 1. The number of rotatable bonds is 7. The molecular formula is C18H25N3. The molecule has 2 aromatic rings. The molecule has 3 heteroatoms. The summed E-state index contributed by atoms with van der Waals surface area (Å²) in [4.78, 5) is 8.84. The molecule has 0 radical (unpaired) electrons. The molecule has 1 unspecified atom stereocenters. The zero-order valence-electron chi connectivity index (χ0n) is 13.3. The van der Waals surface area contributed by atoms with E-state index < -0.39 is 0 Å². The Morgan fingerprint density at radius 3 is 2.52 bits per heavy atom. The van der Waals surface area contributed by atoms with Crippen LogP contribution in [0.25, 0.3) is 0 Å². The van der Waals surface area contributed by atoms with Crippen LogP contribution in [0.15, 0.2) is 36.8 Å². The normalized spacial score (nSPS) is 12.3. The van der Waals surface area contributed by atoms with E-state index in [0.717, 1.165) is 31.5 Å². The monoisotopic (exact) mass is 283 g/mol. The Labute approximate surface area is 127 Å². The average Bonchev–Trinajstić information content (AvgIpc) is 2.55. The van der Waals surface area contributed by atoms with Gasteiger partial charge >= 0.3 is 0 Å². The van der Waals surface area contributed by atoms with Gasteiger partial charge in [-0.05, 0) is 48.2 Å². The zero-order chi connectivity index (χ0) is 15.1. The topological polar surface area (TPSA) is 37.8 Å². The van der Waals surface area contributed by atoms with Gasteiger partial charge in [0, 0.05) is 36.7 Å². The summed E-state index contributed by atoms with van der Waals surface area (Å²) in [6.45, 7) is 7.43. The lowest BCUT2D eigenvalue weighted by Crippen LogP contribution is -2.24. The Bertz CT molecular complexity index is 549. The standard InChI is InChI=1S/C18H25N3/c1-4-14-7-8-16(21-12-14)11-18(20-6-3)17-9-10-19-13-15(17)5-2/h7-10,12-13,18,20H,4-6,11H2,1-3H3. The van der Waals surface area contributed by atoms with E-state index in [0.29, 0.717) is 6.04 Å². The molecule has 1 N–H and O–H groups in total. The van der Waals surface area contributed by atoms with Crippen LogP contribution >= 0.6 is 0 Å². The fraction of sp³-hybridized carbons (Fsp3) is 0.444. The van der Waals surface area contributed by atoms with E-state index >= 15 is 0 Å². The molecule has 0 fully saturated rings. The van der Waals surface area contributed by atoms with E-state index in [-0.39, 0.29) is 0 Å². The van der Waals surface area contributed by atoms with Crippen molar-refractivity contribution in [1.82, 2.24) is 15.3 Å². The molecule has 0 saturated carbocycles. The third-order valence-corrected chi connectivity index (χ3v) is 3.86. The highest BCUT2D eigenvalue weighted by atomic mass is 14.9. The molecule has 0 bridgehead atoms. The average molecular weight is 283 g/mol. The summed E-state index contributed by atoms with van der Waals surface area (Å²) in [6.07, 6.45) is 8.81. The van der Waals surface area contributed by atoms with E-state index in [1.807, 2.05) is 18.6 Å². The first-order chi connectivity index (χ1) is 10.3. The minimum absolute atomic E-state index is 0.299. The molecule has 0 aromatic carbocycles. The van der Waals surface area contributed by atoms with E-state index in [2.05, 4.69) is 54.3 Å². The third kappa shape index (κ3) is 4.11. The van der Waals surface area contributed by atoms with Crippen LogP contribution in [0.5, 0.6) is 0 Å². The van der Waals surface area contributed by atoms with Gasteiger partial charge in [0.1, 0.15) is 0 Å². The SMILES string of the molecule is CCNC(Cc1ccc(CC)cn1)c1ccncc1CC. The molecule has 21 heavy (non-hydrogen) atoms. The highest BCUT2D eigenvalue weighted by molar-refractivity contribution is 5.28. The summed E-state index contributed by atoms with van der Waals surface area (Å²) in [5.74, 6) is 0. The predicted octanol–water partition coefficient (Wildman–Crippen LogP) is 3.49. The lowest BCUT2D eigenvalue weighted by atomic mass is 9.96. The molecular weight excluding hydrogens is 258 g/mol. The Morgan fingerprint density at radius 2 is 1.90 bits per heavy atom. The lowest BCUT2D eigenvalue weighted by Gasteiger charge is -2.20. The number of aromatic nitrogens is 2. The van der Waals surface area contributed by atoms with Crippen LogP contribution in [-0.4, -0.2) is 16.5 Å². The maximum atomic E-state index is 4.60. The van der Waals surface area contributed by atoms with Crippen molar-refractivity contribution in [1.29, 1.82) is 0 Å². The Morgan fingerprint density at radius 1 is 1.05 bits per heavy atom. The fourth-order valence-electron chi connectivity index (χ4n) is 2.61. The summed E-state index contributed by atoms with van der Waals surface area (Å²) in [5, 5.41) is 3.58. The van der Waals surface area contributed by atoms with Crippen molar-refractivity contribution in [2.24, 2.45) is 0 Å². The summed E-state index contributed by atoms with van der Waals surface area (Å²) < 4.78 is 0. The van der Waals surface area contributed by atoms with Crippen LogP contribution < -0.4 is 5.32 Å². The van der Waals surface area contributed by atoms with Gasteiger partial charge in [0.15, 0.2) is 0 Å². The minimum atomic E-state index is 0.299. The molecule has 0 aliphatic carbocycles. The first-order valence-corrected chi connectivity index (χ1v) is 7.88. The van der Waals surface area contributed by atoms with Crippen molar-refractivity contribution >= 4 is 0 Å². The van der Waals surface area contributed by atoms with Gasteiger partial charge in [0.2, 0.25) is 0 Å².